The van der Waals surface area contributed by atoms with Crippen LogP contribution in [0.4, 0.5) is 5.69 Å². The quantitative estimate of drug-likeness (QED) is 0.415. The Morgan fingerprint density at radius 3 is 2.91 bits per heavy atom. The summed E-state index contributed by atoms with van der Waals surface area (Å²) in [4.78, 5) is 27.9. The Bertz CT molecular complexity index is 981. The van der Waals surface area contributed by atoms with Gasteiger partial charge in [-0.25, -0.2) is 0 Å². The van der Waals surface area contributed by atoms with Gasteiger partial charge in [-0.2, -0.15) is 4.99 Å². The van der Waals surface area contributed by atoms with Gasteiger partial charge in [0, 0.05) is 30.1 Å². The summed E-state index contributed by atoms with van der Waals surface area (Å²) in [6, 6.07) is 8.42. The fourth-order valence-electron chi connectivity index (χ4n) is 2.01. The van der Waals surface area contributed by atoms with Crippen molar-refractivity contribution in [2.45, 2.75) is 0 Å². The number of non-ortho nitro benzene ring substituents is 1. The molecule has 0 aliphatic heterocycles. The van der Waals surface area contributed by atoms with E-state index in [9.17, 15) is 14.9 Å². The molecule has 0 aliphatic rings. The van der Waals surface area contributed by atoms with Crippen LogP contribution in [0, 0.1) is 10.1 Å². The standard InChI is InChI=1S/C15H11N3O3S2/c1-17-12-9-10(18(20)21)4-6-13(12)23-15(17)16-14(19)7-5-11-3-2-8-22-11/h2-9H,1H3/b7-5+,16-15?. The van der Waals surface area contributed by atoms with Gasteiger partial charge < -0.3 is 4.57 Å². The first-order valence-corrected chi connectivity index (χ1v) is 8.28. The fraction of sp³-hybridized carbons (Fsp3) is 0.0667. The van der Waals surface area contributed by atoms with Crippen LogP contribution < -0.4 is 4.80 Å². The Labute approximate surface area is 138 Å². The first kappa shape index (κ1) is 15.3. The number of hydrogen-bond donors (Lipinski definition) is 0. The number of thiazole rings is 1. The molecule has 6 nitrogen and oxygen atoms in total. The van der Waals surface area contributed by atoms with Gasteiger partial charge >= 0.3 is 0 Å². The van der Waals surface area contributed by atoms with E-state index in [0.29, 0.717) is 10.3 Å². The lowest BCUT2D eigenvalue weighted by Crippen LogP contribution is -2.12. The predicted molar refractivity (Wildman–Crippen MR) is 91.4 cm³/mol. The first-order chi connectivity index (χ1) is 11.0. The molecule has 0 atom stereocenters. The number of amides is 1. The van der Waals surface area contributed by atoms with Gasteiger partial charge in [-0.05, 0) is 23.6 Å². The van der Waals surface area contributed by atoms with Crippen molar-refractivity contribution in [3.8, 4) is 0 Å². The molecule has 0 aliphatic carbocycles. The van der Waals surface area contributed by atoms with E-state index in [1.165, 1.54) is 40.9 Å². The molecule has 0 spiro atoms. The van der Waals surface area contributed by atoms with Crippen LogP contribution in [0.3, 0.4) is 0 Å². The van der Waals surface area contributed by atoms with Crippen molar-refractivity contribution in [3.05, 3.63) is 61.6 Å². The molecule has 0 radical (unpaired) electrons. The summed E-state index contributed by atoms with van der Waals surface area (Å²) in [5.41, 5.74) is 0.694. The third-order valence-corrected chi connectivity index (χ3v) is 5.09. The third kappa shape index (κ3) is 3.27. The highest BCUT2D eigenvalue weighted by Crippen LogP contribution is 2.22. The number of thiophene rings is 1. The number of nitrogens with zero attached hydrogens (tertiary/aromatic N) is 3. The molecule has 2 aromatic heterocycles. The number of aromatic nitrogens is 1. The van der Waals surface area contributed by atoms with Crippen molar-refractivity contribution in [2.24, 2.45) is 12.0 Å². The van der Waals surface area contributed by atoms with Crippen molar-refractivity contribution in [3.63, 3.8) is 0 Å². The van der Waals surface area contributed by atoms with Crippen LogP contribution in [0.5, 0.6) is 0 Å². The highest BCUT2D eigenvalue weighted by molar-refractivity contribution is 7.16. The molecule has 3 aromatic rings. The summed E-state index contributed by atoms with van der Waals surface area (Å²) in [5, 5.41) is 12.8. The Morgan fingerprint density at radius 1 is 1.39 bits per heavy atom. The second-order valence-electron chi connectivity index (χ2n) is 4.65. The summed E-state index contributed by atoms with van der Waals surface area (Å²) in [6.07, 6.45) is 3.13. The largest absolute Gasteiger partial charge is 0.319 e. The average Bonchev–Trinajstić information content (AvgIpc) is 3.14. The van der Waals surface area contributed by atoms with E-state index >= 15 is 0 Å². The molecule has 0 N–H and O–H groups in total. The number of fused-ring (bicyclic) bond motifs is 1. The van der Waals surface area contributed by atoms with Crippen LogP contribution in [0.2, 0.25) is 0 Å². The Kier molecular flexibility index (Phi) is 4.18. The molecule has 0 unspecified atom stereocenters. The second-order valence-corrected chi connectivity index (χ2v) is 6.64. The number of carbonyl (C=O) groups is 1. The molecule has 0 bridgehead atoms. The van der Waals surface area contributed by atoms with Gasteiger partial charge in [-0.15, -0.1) is 11.3 Å². The van der Waals surface area contributed by atoms with Gasteiger partial charge in [0.05, 0.1) is 15.1 Å². The number of rotatable bonds is 3. The maximum atomic E-state index is 11.9. The Morgan fingerprint density at radius 2 is 2.22 bits per heavy atom. The van der Waals surface area contributed by atoms with Crippen molar-refractivity contribution in [1.29, 1.82) is 0 Å². The topological polar surface area (TPSA) is 77.5 Å². The smallest absolute Gasteiger partial charge is 0.272 e. The average molecular weight is 345 g/mol. The predicted octanol–water partition coefficient (Wildman–Crippen LogP) is 3.35. The molecule has 0 saturated carbocycles. The minimum atomic E-state index is -0.442. The third-order valence-electron chi connectivity index (χ3n) is 3.14. The first-order valence-electron chi connectivity index (χ1n) is 6.59. The van der Waals surface area contributed by atoms with E-state index in [4.69, 9.17) is 0 Å². The SMILES string of the molecule is Cn1c(=NC(=O)/C=C/c2cccs2)sc2ccc([N+](=O)[O-])cc21. The molecule has 0 saturated heterocycles. The zero-order chi connectivity index (χ0) is 16.4. The van der Waals surface area contributed by atoms with Crippen LogP contribution in [0.1, 0.15) is 4.88 Å². The van der Waals surface area contributed by atoms with Crippen molar-refractivity contribution < 1.29 is 9.72 Å². The zero-order valence-corrected chi connectivity index (χ0v) is 13.6. The van der Waals surface area contributed by atoms with Gasteiger partial charge in [0.1, 0.15) is 0 Å². The summed E-state index contributed by atoms with van der Waals surface area (Å²) in [6.45, 7) is 0. The van der Waals surface area contributed by atoms with Gasteiger partial charge in [-0.3, -0.25) is 14.9 Å². The van der Waals surface area contributed by atoms with E-state index in [0.717, 1.165) is 9.58 Å². The summed E-state index contributed by atoms with van der Waals surface area (Å²) in [5.74, 6) is -0.366. The zero-order valence-electron chi connectivity index (χ0n) is 12.0. The Hall–Kier alpha value is -2.58. The summed E-state index contributed by atoms with van der Waals surface area (Å²) < 4.78 is 2.52. The number of carbonyl (C=O) groups excluding carboxylic acids is 1. The van der Waals surface area contributed by atoms with Crippen LogP contribution >= 0.6 is 22.7 Å². The van der Waals surface area contributed by atoms with E-state index < -0.39 is 4.92 Å². The van der Waals surface area contributed by atoms with E-state index in [-0.39, 0.29) is 11.6 Å². The van der Waals surface area contributed by atoms with Crippen LogP contribution in [-0.4, -0.2) is 15.4 Å². The second kappa shape index (κ2) is 6.27. The van der Waals surface area contributed by atoms with Crippen LogP contribution in [0.15, 0.2) is 46.8 Å². The monoisotopic (exact) mass is 345 g/mol. The van der Waals surface area contributed by atoms with Crippen LogP contribution in [-0.2, 0) is 11.8 Å². The summed E-state index contributed by atoms with van der Waals surface area (Å²) >= 11 is 2.85. The molecule has 116 valence electrons. The molecule has 1 amide bonds. The maximum Gasteiger partial charge on any atom is 0.272 e. The minimum Gasteiger partial charge on any atom is -0.319 e. The normalized spacial score (nSPS) is 12.3. The van der Waals surface area contributed by atoms with Crippen molar-refractivity contribution >= 4 is 50.6 Å². The highest BCUT2D eigenvalue weighted by atomic mass is 32.1. The lowest BCUT2D eigenvalue weighted by molar-refractivity contribution is -0.384. The fourth-order valence-corrected chi connectivity index (χ4v) is 3.63. The molecule has 8 heteroatoms. The van der Waals surface area contributed by atoms with E-state index in [1.54, 1.807) is 23.8 Å². The van der Waals surface area contributed by atoms with E-state index in [2.05, 4.69) is 4.99 Å². The lowest BCUT2D eigenvalue weighted by atomic mass is 10.3. The summed E-state index contributed by atoms with van der Waals surface area (Å²) in [7, 11) is 1.73. The van der Waals surface area contributed by atoms with Gasteiger partial charge in [0.2, 0.25) is 0 Å². The molecule has 1 aromatic carbocycles. The molecular weight excluding hydrogens is 334 g/mol. The highest BCUT2D eigenvalue weighted by Gasteiger charge is 2.10. The maximum absolute atomic E-state index is 11.9. The number of aryl methyl sites for hydroxylation is 1. The number of hydrogen-bond acceptors (Lipinski definition) is 5. The number of nitro groups is 1. The number of benzene rings is 1. The van der Waals surface area contributed by atoms with E-state index in [1.807, 2.05) is 17.5 Å². The molecular formula is C15H11N3O3S2. The molecule has 3 rings (SSSR count). The van der Waals surface area contributed by atoms with Gasteiger partial charge in [0.25, 0.3) is 11.6 Å². The van der Waals surface area contributed by atoms with Crippen molar-refractivity contribution in [2.75, 3.05) is 0 Å². The minimum absolute atomic E-state index is 0.0152. The Balaban J connectivity index is 1.97. The van der Waals surface area contributed by atoms with Crippen molar-refractivity contribution in [1.82, 2.24) is 4.57 Å². The molecule has 23 heavy (non-hydrogen) atoms. The lowest BCUT2D eigenvalue weighted by Gasteiger charge is -1.95. The van der Waals surface area contributed by atoms with Gasteiger partial charge in [-0.1, -0.05) is 17.4 Å². The van der Waals surface area contributed by atoms with Crippen LogP contribution in [0.25, 0.3) is 16.3 Å². The number of nitro benzene ring substituents is 1. The molecule has 0 fully saturated rings. The van der Waals surface area contributed by atoms with Gasteiger partial charge in [0.15, 0.2) is 4.80 Å². The molecule has 2 heterocycles.